The van der Waals surface area contributed by atoms with Crippen LogP contribution in [0.4, 0.5) is 5.69 Å². The van der Waals surface area contributed by atoms with Crippen molar-refractivity contribution in [3.63, 3.8) is 0 Å². The van der Waals surface area contributed by atoms with Crippen molar-refractivity contribution in [1.29, 1.82) is 0 Å². The van der Waals surface area contributed by atoms with Gasteiger partial charge in [-0.25, -0.2) is 4.98 Å². The van der Waals surface area contributed by atoms with Crippen molar-refractivity contribution >= 4 is 11.6 Å². The smallest absolute Gasteiger partial charge is 0.259 e. The third-order valence-electron chi connectivity index (χ3n) is 4.66. The molecule has 0 aliphatic carbocycles. The Kier molecular flexibility index (Phi) is 4.53. The van der Waals surface area contributed by atoms with Crippen molar-refractivity contribution < 1.29 is 13.9 Å². The molecule has 1 aliphatic heterocycles. The Labute approximate surface area is 151 Å². The van der Waals surface area contributed by atoms with Crippen LogP contribution in [0.5, 0.6) is 0 Å². The lowest BCUT2D eigenvalue weighted by atomic mass is 10.1. The van der Waals surface area contributed by atoms with Gasteiger partial charge in [0.2, 0.25) is 0 Å². The maximum atomic E-state index is 12.7. The van der Waals surface area contributed by atoms with E-state index in [0.717, 1.165) is 37.3 Å². The zero-order valence-corrected chi connectivity index (χ0v) is 14.5. The van der Waals surface area contributed by atoms with Crippen molar-refractivity contribution in [3.8, 4) is 11.3 Å². The fourth-order valence-electron chi connectivity index (χ4n) is 3.25. The maximum Gasteiger partial charge on any atom is 0.259 e. The van der Waals surface area contributed by atoms with Gasteiger partial charge in [0.1, 0.15) is 0 Å². The number of benzene rings is 1. The van der Waals surface area contributed by atoms with Crippen LogP contribution in [0.3, 0.4) is 0 Å². The van der Waals surface area contributed by atoms with Gasteiger partial charge in [-0.3, -0.25) is 9.48 Å². The predicted molar refractivity (Wildman–Crippen MR) is 95.9 cm³/mol. The molecule has 2 aromatic heterocycles. The highest BCUT2D eigenvalue weighted by molar-refractivity contribution is 6.05. The third kappa shape index (κ3) is 3.25. The first-order valence-corrected chi connectivity index (χ1v) is 8.64. The molecule has 1 saturated heterocycles. The van der Waals surface area contributed by atoms with E-state index in [9.17, 15) is 4.79 Å². The molecule has 7 nitrogen and oxygen atoms in total. The Balaban J connectivity index is 1.52. The number of anilines is 1. The molecule has 3 aromatic rings. The summed E-state index contributed by atoms with van der Waals surface area (Å²) in [5.41, 5.74) is 3.01. The SMILES string of the molecule is Cc1c(C(=O)Nc2cccc(-c3cnco3)c2)cnn1C1CCOCC1. The molecule has 0 bridgehead atoms. The molecular weight excluding hydrogens is 332 g/mol. The summed E-state index contributed by atoms with van der Waals surface area (Å²) in [6, 6.07) is 7.77. The number of oxazole rings is 1. The zero-order chi connectivity index (χ0) is 17.9. The Hall–Kier alpha value is -2.93. The minimum Gasteiger partial charge on any atom is -0.444 e. The van der Waals surface area contributed by atoms with Gasteiger partial charge in [0.05, 0.1) is 24.0 Å². The average molecular weight is 352 g/mol. The number of nitrogens with one attached hydrogen (secondary N) is 1. The molecule has 1 aliphatic rings. The summed E-state index contributed by atoms with van der Waals surface area (Å²) in [5.74, 6) is 0.486. The summed E-state index contributed by atoms with van der Waals surface area (Å²) in [5, 5.41) is 7.38. The van der Waals surface area contributed by atoms with Gasteiger partial charge in [-0.1, -0.05) is 12.1 Å². The van der Waals surface area contributed by atoms with Crippen LogP contribution in [0, 0.1) is 6.92 Å². The summed E-state index contributed by atoms with van der Waals surface area (Å²) in [6.07, 6.45) is 6.50. The molecule has 4 rings (SSSR count). The molecule has 0 atom stereocenters. The summed E-state index contributed by atoms with van der Waals surface area (Å²) < 4.78 is 12.7. The lowest BCUT2D eigenvalue weighted by Crippen LogP contribution is -2.22. The molecule has 0 spiro atoms. The molecule has 26 heavy (non-hydrogen) atoms. The summed E-state index contributed by atoms with van der Waals surface area (Å²) in [6.45, 7) is 3.40. The lowest BCUT2D eigenvalue weighted by Gasteiger charge is -2.23. The Morgan fingerprint density at radius 3 is 2.88 bits per heavy atom. The zero-order valence-electron chi connectivity index (χ0n) is 14.5. The number of rotatable bonds is 4. The first-order valence-electron chi connectivity index (χ1n) is 8.64. The van der Waals surface area contributed by atoms with Gasteiger partial charge < -0.3 is 14.5 Å². The van der Waals surface area contributed by atoms with E-state index in [-0.39, 0.29) is 5.91 Å². The molecule has 0 saturated carbocycles. The molecular formula is C19H20N4O3. The van der Waals surface area contributed by atoms with Crippen LogP contribution in [-0.2, 0) is 4.74 Å². The van der Waals surface area contributed by atoms with Crippen molar-refractivity contribution in [3.05, 3.63) is 54.3 Å². The van der Waals surface area contributed by atoms with E-state index in [4.69, 9.17) is 9.15 Å². The average Bonchev–Trinajstić information content (AvgIpc) is 3.32. The van der Waals surface area contributed by atoms with Crippen molar-refractivity contribution in [2.24, 2.45) is 0 Å². The van der Waals surface area contributed by atoms with Gasteiger partial charge in [0.25, 0.3) is 5.91 Å². The summed E-state index contributed by atoms with van der Waals surface area (Å²) in [7, 11) is 0. The van der Waals surface area contributed by atoms with Gasteiger partial charge in [-0.05, 0) is 31.9 Å². The van der Waals surface area contributed by atoms with Gasteiger partial charge in [-0.2, -0.15) is 5.10 Å². The molecule has 1 fully saturated rings. The molecule has 134 valence electrons. The Bertz CT molecular complexity index is 895. The van der Waals surface area contributed by atoms with Gasteiger partial charge in [0.15, 0.2) is 12.2 Å². The Morgan fingerprint density at radius 2 is 2.12 bits per heavy atom. The number of aromatic nitrogens is 3. The number of hydrogen-bond donors (Lipinski definition) is 1. The number of ether oxygens (including phenoxy) is 1. The van der Waals surface area contributed by atoms with Crippen molar-refractivity contribution in [1.82, 2.24) is 14.8 Å². The quantitative estimate of drug-likeness (QED) is 0.778. The maximum absolute atomic E-state index is 12.7. The second kappa shape index (κ2) is 7.13. The standard InChI is InChI=1S/C19H20N4O3/c1-13-17(10-21-23(13)16-5-7-25-8-6-16)19(24)22-15-4-2-3-14(9-15)18-11-20-12-26-18/h2-4,9-12,16H,5-8H2,1H3,(H,22,24). The van der Waals surface area contributed by atoms with Crippen molar-refractivity contribution in [2.75, 3.05) is 18.5 Å². The number of hydrogen-bond acceptors (Lipinski definition) is 5. The highest BCUT2D eigenvalue weighted by Gasteiger charge is 2.22. The molecule has 3 heterocycles. The van der Waals surface area contributed by atoms with Crippen molar-refractivity contribution in [2.45, 2.75) is 25.8 Å². The molecule has 7 heteroatoms. The second-order valence-electron chi connectivity index (χ2n) is 6.33. The van der Waals surface area contributed by atoms with Gasteiger partial charge >= 0.3 is 0 Å². The third-order valence-corrected chi connectivity index (χ3v) is 4.66. The topological polar surface area (TPSA) is 82.2 Å². The molecule has 1 amide bonds. The highest BCUT2D eigenvalue weighted by atomic mass is 16.5. The van der Waals surface area contributed by atoms with Crippen LogP contribution in [0.15, 0.2) is 47.5 Å². The molecule has 0 unspecified atom stereocenters. The lowest BCUT2D eigenvalue weighted by molar-refractivity contribution is 0.0656. The van der Waals surface area contributed by atoms with E-state index in [1.165, 1.54) is 6.39 Å². The van der Waals surface area contributed by atoms with E-state index in [1.54, 1.807) is 12.4 Å². The first-order chi connectivity index (χ1) is 12.7. The largest absolute Gasteiger partial charge is 0.444 e. The molecule has 1 N–H and O–H groups in total. The predicted octanol–water partition coefficient (Wildman–Crippen LogP) is 3.45. The van der Waals surface area contributed by atoms with Crippen LogP contribution in [0.25, 0.3) is 11.3 Å². The van der Waals surface area contributed by atoms with Crippen LogP contribution >= 0.6 is 0 Å². The van der Waals surface area contributed by atoms with Crippen LogP contribution in [-0.4, -0.2) is 33.9 Å². The Morgan fingerprint density at radius 1 is 1.27 bits per heavy atom. The van der Waals surface area contributed by atoms with Crippen LogP contribution in [0.1, 0.15) is 34.9 Å². The van der Waals surface area contributed by atoms with E-state index in [1.807, 2.05) is 35.9 Å². The first kappa shape index (κ1) is 16.5. The monoisotopic (exact) mass is 352 g/mol. The minimum atomic E-state index is -0.171. The fraction of sp³-hybridized carbons (Fsp3) is 0.316. The number of carbonyl (C=O) groups excluding carboxylic acids is 1. The van der Waals surface area contributed by atoms with E-state index < -0.39 is 0 Å². The van der Waals surface area contributed by atoms with E-state index >= 15 is 0 Å². The van der Waals surface area contributed by atoms with Gasteiger partial charge in [0, 0.05) is 30.2 Å². The van der Waals surface area contributed by atoms with Crippen LogP contribution in [0.2, 0.25) is 0 Å². The van der Waals surface area contributed by atoms with Crippen LogP contribution < -0.4 is 5.32 Å². The molecule has 1 aromatic carbocycles. The normalized spacial score (nSPS) is 15.1. The summed E-state index contributed by atoms with van der Waals surface area (Å²) in [4.78, 5) is 16.6. The second-order valence-corrected chi connectivity index (χ2v) is 6.33. The summed E-state index contributed by atoms with van der Waals surface area (Å²) >= 11 is 0. The minimum absolute atomic E-state index is 0.171. The highest BCUT2D eigenvalue weighted by Crippen LogP contribution is 2.25. The van der Waals surface area contributed by atoms with E-state index in [0.29, 0.717) is 23.1 Å². The van der Waals surface area contributed by atoms with Gasteiger partial charge in [-0.15, -0.1) is 0 Å². The number of amides is 1. The number of nitrogens with zero attached hydrogens (tertiary/aromatic N) is 3. The van der Waals surface area contributed by atoms with E-state index in [2.05, 4.69) is 15.4 Å². The molecule has 0 radical (unpaired) electrons. The number of carbonyl (C=O) groups is 1. The fourth-order valence-corrected chi connectivity index (χ4v) is 3.25.